The molecule has 0 bridgehead atoms. The predicted octanol–water partition coefficient (Wildman–Crippen LogP) is 5.31. The van der Waals surface area contributed by atoms with Crippen LogP contribution >= 0.6 is 12.2 Å². The van der Waals surface area contributed by atoms with Gasteiger partial charge in [0.15, 0.2) is 27.7 Å². The first-order valence-electron chi connectivity index (χ1n) is 10.6. The molecular weight excluding hydrogens is 426 g/mol. The van der Waals surface area contributed by atoms with Gasteiger partial charge in [0.2, 0.25) is 0 Å². The minimum Gasteiger partial charge on any atom is -0.421 e. The Balaban J connectivity index is 1.63. The maximum absolute atomic E-state index is 10.7. The Bertz CT molecular complexity index is 969. The zero-order valence-electron chi connectivity index (χ0n) is 19.0. The van der Waals surface area contributed by atoms with E-state index in [1.165, 1.54) is 0 Å². The van der Waals surface area contributed by atoms with Crippen LogP contribution in [-0.4, -0.2) is 31.6 Å². The summed E-state index contributed by atoms with van der Waals surface area (Å²) in [5.74, 6) is 0.632. The molecule has 31 heavy (non-hydrogen) atoms. The van der Waals surface area contributed by atoms with Crippen LogP contribution in [0.4, 0.5) is 0 Å². The number of nitrogens with zero attached hydrogens (tertiary/aromatic N) is 1. The highest BCUT2D eigenvalue weighted by Gasteiger charge is 2.33. The van der Waals surface area contributed by atoms with Crippen molar-refractivity contribution >= 4 is 32.9 Å². The predicted molar refractivity (Wildman–Crippen MR) is 131 cm³/mol. The zero-order chi connectivity index (χ0) is 22.5. The van der Waals surface area contributed by atoms with E-state index in [2.05, 4.69) is 46.8 Å². The van der Waals surface area contributed by atoms with E-state index in [0.29, 0.717) is 18.8 Å². The second-order valence-electron chi connectivity index (χ2n) is 9.53. The molecule has 0 aliphatic heterocycles. The molecule has 1 aromatic heterocycles. The lowest BCUT2D eigenvalue weighted by molar-refractivity contribution is -0.0786. The average molecular weight is 460 g/mol. The third-order valence-corrected chi connectivity index (χ3v) is 8.90. The number of fused-ring (bicyclic) bond motifs is 1. The standard InChI is InChI=1S/C24H33NO4SSi/c1-23(2,3)24(4,5)31-27-17-20(26)16-19-15-18-11-9-10-14-22(18)25(19)30-29-28-21-12-7-6-8-13-21/h6-15,20,26H,16-17,31H2,1-5H3/t20-/m1/s1. The van der Waals surface area contributed by atoms with Gasteiger partial charge in [-0.3, -0.25) is 3.97 Å². The molecule has 0 aliphatic rings. The van der Waals surface area contributed by atoms with Crippen molar-refractivity contribution in [2.75, 3.05) is 6.61 Å². The van der Waals surface area contributed by atoms with Crippen molar-refractivity contribution < 1.29 is 18.8 Å². The molecule has 0 amide bonds. The van der Waals surface area contributed by atoms with Gasteiger partial charge in [-0.25, -0.2) is 0 Å². The number of aliphatic hydroxyl groups is 1. The Morgan fingerprint density at radius 1 is 1.00 bits per heavy atom. The second kappa shape index (κ2) is 10.2. The van der Waals surface area contributed by atoms with Crippen molar-refractivity contribution in [1.82, 2.24) is 3.97 Å². The highest BCUT2D eigenvalue weighted by molar-refractivity contribution is 7.93. The minimum absolute atomic E-state index is 0.153. The molecule has 3 rings (SSSR count). The topological polar surface area (TPSA) is 52.9 Å². The normalized spacial score (nSPS) is 13.9. The Labute approximate surface area is 191 Å². The molecule has 0 radical (unpaired) electrons. The van der Waals surface area contributed by atoms with Crippen LogP contribution in [0.25, 0.3) is 10.9 Å². The maximum Gasteiger partial charge on any atom is 0.169 e. The van der Waals surface area contributed by atoms with Crippen molar-refractivity contribution in [2.24, 2.45) is 5.41 Å². The Kier molecular flexibility index (Phi) is 7.88. The molecule has 2 aromatic carbocycles. The molecule has 0 unspecified atom stereocenters. The Hall–Kier alpha value is -1.77. The van der Waals surface area contributed by atoms with Gasteiger partial charge in [-0.05, 0) is 34.7 Å². The third-order valence-electron chi connectivity index (χ3n) is 5.97. The van der Waals surface area contributed by atoms with E-state index in [4.69, 9.17) is 13.6 Å². The third kappa shape index (κ3) is 6.37. The molecule has 1 N–H and O–H groups in total. The molecule has 0 fully saturated rings. The molecule has 0 aliphatic carbocycles. The Morgan fingerprint density at radius 2 is 1.68 bits per heavy atom. The monoisotopic (exact) mass is 459 g/mol. The van der Waals surface area contributed by atoms with Gasteiger partial charge in [-0.15, -0.1) is 0 Å². The fourth-order valence-corrected chi connectivity index (χ4v) is 4.92. The fraction of sp³-hybridized carbons (Fsp3) is 0.417. The van der Waals surface area contributed by atoms with Crippen LogP contribution in [0.5, 0.6) is 5.75 Å². The first kappa shape index (κ1) is 23.9. The van der Waals surface area contributed by atoms with Crippen LogP contribution in [0.2, 0.25) is 5.04 Å². The summed E-state index contributed by atoms with van der Waals surface area (Å²) >= 11 is 1.10. The molecule has 5 nitrogen and oxygen atoms in total. The van der Waals surface area contributed by atoms with Gasteiger partial charge in [0.25, 0.3) is 0 Å². The van der Waals surface area contributed by atoms with E-state index in [9.17, 15) is 5.11 Å². The van der Waals surface area contributed by atoms with Gasteiger partial charge >= 0.3 is 0 Å². The number of hydrogen-bond acceptors (Lipinski definition) is 5. The first-order valence-corrected chi connectivity index (χ1v) is 12.6. The minimum atomic E-state index is -0.790. The highest BCUT2D eigenvalue weighted by atomic mass is 32.2. The molecule has 0 saturated carbocycles. The number of aliphatic hydroxyl groups excluding tert-OH is 1. The molecule has 0 saturated heterocycles. The number of para-hydroxylation sites is 2. The van der Waals surface area contributed by atoms with Crippen molar-refractivity contribution in [2.45, 2.75) is 52.2 Å². The maximum atomic E-state index is 10.7. The average Bonchev–Trinajstić information content (AvgIpc) is 3.05. The second-order valence-corrected chi connectivity index (χ2v) is 12.6. The lowest BCUT2D eigenvalue weighted by atomic mass is 9.82. The molecule has 1 heterocycles. The van der Waals surface area contributed by atoms with Crippen LogP contribution in [0.15, 0.2) is 60.7 Å². The summed E-state index contributed by atoms with van der Waals surface area (Å²) in [6.07, 6.45) is -0.109. The van der Waals surface area contributed by atoms with Crippen molar-refractivity contribution in [3.05, 3.63) is 66.4 Å². The lowest BCUT2D eigenvalue weighted by Crippen LogP contribution is -2.32. The number of benzene rings is 2. The van der Waals surface area contributed by atoms with Gasteiger partial charge in [0.05, 0.1) is 18.2 Å². The number of rotatable bonds is 10. The smallest absolute Gasteiger partial charge is 0.169 e. The summed E-state index contributed by atoms with van der Waals surface area (Å²) in [4.78, 5) is 5.38. The van der Waals surface area contributed by atoms with Crippen LogP contribution in [-0.2, 0) is 15.2 Å². The zero-order valence-corrected chi connectivity index (χ0v) is 21.2. The largest absolute Gasteiger partial charge is 0.421 e. The van der Waals surface area contributed by atoms with Crippen LogP contribution in [0, 0.1) is 5.41 Å². The number of aromatic nitrogens is 1. The van der Waals surface area contributed by atoms with Crippen LogP contribution < -0.4 is 4.89 Å². The summed E-state index contributed by atoms with van der Waals surface area (Å²) < 4.78 is 13.4. The molecule has 0 spiro atoms. The van der Waals surface area contributed by atoms with Crippen molar-refractivity contribution in [3.8, 4) is 5.75 Å². The van der Waals surface area contributed by atoms with Gasteiger partial charge < -0.3 is 14.4 Å². The Morgan fingerprint density at radius 3 is 2.39 bits per heavy atom. The van der Waals surface area contributed by atoms with E-state index in [-0.39, 0.29) is 10.5 Å². The SMILES string of the molecule is CC(C)(C)C(C)(C)[SiH2]OC[C@H](O)Cc1cc2ccccc2n1SOOc1ccccc1. The molecule has 3 aromatic rings. The van der Waals surface area contributed by atoms with E-state index in [0.717, 1.165) is 28.8 Å². The first-order chi connectivity index (χ1) is 14.7. The van der Waals surface area contributed by atoms with Crippen molar-refractivity contribution in [1.29, 1.82) is 0 Å². The molecule has 1 atom stereocenters. The van der Waals surface area contributed by atoms with Crippen LogP contribution in [0.1, 0.15) is 40.3 Å². The quantitative estimate of drug-likeness (QED) is 0.193. The molecule has 7 heteroatoms. The lowest BCUT2D eigenvalue weighted by Gasteiger charge is -2.38. The van der Waals surface area contributed by atoms with Gasteiger partial charge in [0.1, 0.15) is 0 Å². The van der Waals surface area contributed by atoms with Gasteiger partial charge in [-0.2, -0.15) is 0 Å². The van der Waals surface area contributed by atoms with Gasteiger partial charge in [0, 0.05) is 17.5 Å². The van der Waals surface area contributed by atoms with Crippen molar-refractivity contribution in [3.63, 3.8) is 0 Å². The number of hydrogen-bond donors (Lipinski definition) is 1. The summed E-state index contributed by atoms with van der Waals surface area (Å²) in [6, 6.07) is 19.5. The molecular formula is C24H33NO4SSi. The highest BCUT2D eigenvalue weighted by Crippen LogP contribution is 2.43. The van der Waals surface area contributed by atoms with E-state index < -0.39 is 15.9 Å². The fourth-order valence-electron chi connectivity index (χ4n) is 2.95. The summed E-state index contributed by atoms with van der Waals surface area (Å²) in [5.41, 5.74) is 2.15. The summed E-state index contributed by atoms with van der Waals surface area (Å²) in [6.45, 7) is 11.6. The van der Waals surface area contributed by atoms with Gasteiger partial charge in [-0.1, -0.05) is 75.4 Å². The summed E-state index contributed by atoms with van der Waals surface area (Å²) in [7, 11) is -0.790. The van der Waals surface area contributed by atoms with E-state index in [1.807, 2.05) is 52.5 Å². The molecule has 168 valence electrons. The van der Waals surface area contributed by atoms with Crippen LogP contribution in [0.3, 0.4) is 0 Å². The summed E-state index contributed by atoms with van der Waals surface area (Å²) in [5, 5.41) is 11.9. The van der Waals surface area contributed by atoms with E-state index in [1.54, 1.807) is 0 Å². The van der Waals surface area contributed by atoms with E-state index >= 15 is 0 Å².